The molecule has 2 atom stereocenters. The predicted molar refractivity (Wildman–Crippen MR) is 116 cm³/mol. The zero-order valence-electron chi connectivity index (χ0n) is 17.2. The minimum Gasteiger partial charge on any atom is -0.340 e. The predicted octanol–water partition coefficient (Wildman–Crippen LogP) is 2.97. The van der Waals surface area contributed by atoms with Gasteiger partial charge in [-0.1, -0.05) is 0 Å². The Morgan fingerprint density at radius 2 is 1.61 bits per heavy atom. The molecule has 2 fully saturated rings. The lowest BCUT2D eigenvalue weighted by molar-refractivity contribution is 0.386. The first-order valence-corrected chi connectivity index (χ1v) is 10.5. The van der Waals surface area contributed by atoms with E-state index in [-0.39, 0.29) is 5.82 Å². The van der Waals surface area contributed by atoms with E-state index < -0.39 is 0 Å². The number of hydrogen-bond donors (Lipinski definition) is 0. The Morgan fingerprint density at radius 1 is 0.903 bits per heavy atom. The van der Waals surface area contributed by atoms with Crippen LogP contribution in [-0.2, 0) is 0 Å². The molecule has 0 N–H and O–H groups in total. The molecule has 4 aliphatic rings. The van der Waals surface area contributed by atoms with E-state index in [0.29, 0.717) is 17.7 Å². The molecule has 31 heavy (non-hydrogen) atoms. The molecule has 0 amide bonds. The highest BCUT2D eigenvalue weighted by atomic mass is 19.1. The molecule has 2 unspecified atom stereocenters. The number of rotatable bonds is 3. The topological polar surface area (TPSA) is 63.0 Å². The van der Waals surface area contributed by atoms with Gasteiger partial charge < -0.3 is 9.80 Å². The Hall–Kier alpha value is -3.39. The van der Waals surface area contributed by atoms with Crippen LogP contribution in [0.1, 0.15) is 0 Å². The van der Waals surface area contributed by atoms with E-state index in [9.17, 15) is 4.39 Å². The van der Waals surface area contributed by atoms with Crippen molar-refractivity contribution in [3.05, 3.63) is 60.7 Å². The number of pyridine rings is 1. The first kappa shape index (κ1) is 18.4. The fraction of sp³-hybridized carbons (Fsp3) is 0.304. The van der Waals surface area contributed by atoms with Gasteiger partial charge in [0.1, 0.15) is 11.5 Å². The van der Waals surface area contributed by atoms with Crippen molar-refractivity contribution in [2.75, 3.05) is 38.1 Å². The van der Waals surface area contributed by atoms with Gasteiger partial charge in [-0.25, -0.2) is 14.1 Å². The lowest BCUT2D eigenvalue weighted by Gasteiger charge is -2.17. The number of imidazole rings is 1. The third-order valence-corrected chi connectivity index (χ3v) is 6.35. The number of likely N-dealkylation sites (tertiary alicyclic amines) is 1. The van der Waals surface area contributed by atoms with Crippen LogP contribution >= 0.6 is 0 Å². The summed E-state index contributed by atoms with van der Waals surface area (Å²) in [5.74, 6) is 2.41. The summed E-state index contributed by atoms with van der Waals surface area (Å²) in [6.45, 7) is 4.24. The Bertz CT molecular complexity index is 1180. The van der Waals surface area contributed by atoms with E-state index >= 15 is 0 Å². The van der Waals surface area contributed by atoms with Crippen LogP contribution in [-0.4, -0.2) is 62.9 Å². The third kappa shape index (κ3) is 3.23. The monoisotopic (exact) mass is 415 g/mol. The lowest BCUT2D eigenvalue weighted by atomic mass is 10.0. The molecule has 8 heteroatoms. The van der Waals surface area contributed by atoms with Gasteiger partial charge in [-0.3, -0.25) is 4.98 Å². The van der Waals surface area contributed by atoms with E-state index in [2.05, 4.69) is 21.8 Å². The van der Waals surface area contributed by atoms with E-state index in [1.807, 2.05) is 18.2 Å². The van der Waals surface area contributed by atoms with Crippen LogP contribution in [0.3, 0.4) is 0 Å². The van der Waals surface area contributed by atoms with Crippen LogP contribution < -0.4 is 4.90 Å². The standard InChI is InChI=1S/C23H22FN7/c1-29-11-16-13-30(14-17(16)12-29)23-26-20-10-21(15-6-8-25-9-7-15)31(28-22(20)27-23)19-4-2-18(24)3-5-19/h2-10,16-17H,11-14H2,1H3. The summed E-state index contributed by atoms with van der Waals surface area (Å²) in [7, 11) is 2.19. The van der Waals surface area contributed by atoms with Crippen molar-refractivity contribution in [1.29, 1.82) is 0 Å². The molecule has 0 saturated carbocycles. The minimum absolute atomic E-state index is 0.281. The van der Waals surface area contributed by atoms with Crippen molar-refractivity contribution in [3.63, 3.8) is 0 Å². The van der Waals surface area contributed by atoms with Gasteiger partial charge in [0.05, 0.1) is 11.4 Å². The molecule has 0 radical (unpaired) electrons. The zero-order chi connectivity index (χ0) is 20.9. The molecular formula is C23H22FN7. The van der Waals surface area contributed by atoms with Crippen LogP contribution in [0.5, 0.6) is 0 Å². The maximum atomic E-state index is 13.5. The molecule has 2 aromatic rings. The summed E-state index contributed by atoms with van der Waals surface area (Å²) < 4.78 is 15.3. The summed E-state index contributed by atoms with van der Waals surface area (Å²) in [5.41, 5.74) is 3.33. The summed E-state index contributed by atoms with van der Waals surface area (Å²) in [4.78, 5) is 18.4. The van der Waals surface area contributed by atoms with Crippen molar-refractivity contribution in [3.8, 4) is 28.5 Å². The highest BCUT2D eigenvalue weighted by Crippen LogP contribution is 2.34. The zero-order valence-corrected chi connectivity index (χ0v) is 17.2. The van der Waals surface area contributed by atoms with E-state index in [0.717, 1.165) is 54.8 Å². The SMILES string of the molecule is CN1CC2CN(c3nc4cc(-c5ccncc5)n(-c5ccc(F)cc5)nc-4n3)CC2C1. The van der Waals surface area contributed by atoms with E-state index in [1.165, 1.54) is 12.1 Å². The number of anilines is 1. The minimum atomic E-state index is -0.281. The first-order chi connectivity index (χ1) is 15.1. The Kier molecular flexibility index (Phi) is 4.21. The summed E-state index contributed by atoms with van der Waals surface area (Å²) in [5, 5.41) is 4.79. The van der Waals surface area contributed by atoms with Gasteiger partial charge in [0.15, 0.2) is 0 Å². The third-order valence-electron chi connectivity index (χ3n) is 6.35. The van der Waals surface area contributed by atoms with Crippen LogP contribution in [0, 0.1) is 17.7 Å². The molecule has 156 valence electrons. The van der Waals surface area contributed by atoms with Crippen molar-refractivity contribution in [2.45, 2.75) is 0 Å². The second kappa shape index (κ2) is 7.09. The number of aromatic nitrogens is 5. The lowest BCUT2D eigenvalue weighted by Crippen LogP contribution is -2.27. The largest absolute Gasteiger partial charge is 0.340 e. The summed E-state index contributed by atoms with van der Waals surface area (Å²) in [6.07, 6.45) is 3.49. The van der Waals surface area contributed by atoms with Gasteiger partial charge in [0.2, 0.25) is 11.8 Å². The normalized spacial score (nSPS) is 21.2. The molecular weight excluding hydrogens is 393 g/mol. The second-order valence-corrected chi connectivity index (χ2v) is 8.53. The van der Waals surface area contributed by atoms with Gasteiger partial charge in [0, 0.05) is 44.1 Å². The quantitative estimate of drug-likeness (QED) is 0.513. The highest BCUT2D eigenvalue weighted by Gasteiger charge is 2.40. The van der Waals surface area contributed by atoms with Crippen molar-refractivity contribution < 1.29 is 4.39 Å². The number of fused-ring (bicyclic) bond motifs is 2. The van der Waals surface area contributed by atoms with E-state index in [1.54, 1.807) is 29.2 Å². The molecule has 6 rings (SSSR count). The molecule has 5 heterocycles. The van der Waals surface area contributed by atoms with E-state index in [4.69, 9.17) is 15.1 Å². The molecule has 0 bridgehead atoms. The van der Waals surface area contributed by atoms with Crippen molar-refractivity contribution in [1.82, 2.24) is 29.6 Å². The molecule has 4 aliphatic heterocycles. The van der Waals surface area contributed by atoms with Gasteiger partial charge in [-0.2, -0.15) is 4.98 Å². The Morgan fingerprint density at radius 3 is 2.32 bits per heavy atom. The summed E-state index contributed by atoms with van der Waals surface area (Å²) >= 11 is 0. The number of halogens is 1. The fourth-order valence-electron chi connectivity index (χ4n) is 4.88. The molecule has 2 saturated heterocycles. The molecule has 0 aliphatic carbocycles. The van der Waals surface area contributed by atoms with Crippen LogP contribution in [0.2, 0.25) is 0 Å². The molecule has 0 spiro atoms. The van der Waals surface area contributed by atoms with Gasteiger partial charge in [-0.15, -0.1) is 5.10 Å². The maximum absolute atomic E-state index is 13.5. The Labute approximate surface area is 179 Å². The average Bonchev–Trinajstić information content (AvgIpc) is 3.46. The van der Waals surface area contributed by atoms with Crippen molar-refractivity contribution in [2.24, 2.45) is 11.8 Å². The second-order valence-electron chi connectivity index (χ2n) is 8.53. The Balaban J connectivity index is 1.43. The molecule has 1 aromatic carbocycles. The van der Waals surface area contributed by atoms with Gasteiger partial charge in [0.25, 0.3) is 0 Å². The smallest absolute Gasteiger partial charge is 0.228 e. The molecule has 1 aromatic heterocycles. The summed E-state index contributed by atoms with van der Waals surface area (Å²) in [6, 6.07) is 12.2. The maximum Gasteiger partial charge on any atom is 0.228 e. The van der Waals surface area contributed by atoms with Crippen LogP contribution in [0.4, 0.5) is 10.3 Å². The van der Waals surface area contributed by atoms with Gasteiger partial charge >= 0.3 is 0 Å². The first-order valence-electron chi connectivity index (χ1n) is 10.5. The van der Waals surface area contributed by atoms with Crippen molar-refractivity contribution >= 4 is 5.95 Å². The number of hydrogen-bond acceptors (Lipinski definition) is 6. The van der Waals surface area contributed by atoms with Crippen LogP contribution in [0.15, 0.2) is 54.9 Å². The fourth-order valence-corrected chi connectivity index (χ4v) is 4.88. The highest BCUT2D eigenvalue weighted by molar-refractivity contribution is 5.69. The van der Waals surface area contributed by atoms with Crippen LogP contribution in [0.25, 0.3) is 28.5 Å². The average molecular weight is 415 g/mol. The van der Waals surface area contributed by atoms with Gasteiger partial charge in [-0.05, 0) is 61.3 Å². The number of benzene rings is 1. The number of nitrogens with zero attached hydrogens (tertiary/aromatic N) is 7. The molecule has 7 nitrogen and oxygen atoms in total.